The van der Waals surface area contributed by atoms with Crippen LogP contribution in [0, 0.1) is 11.8 Å². The van der Waals surface area contributed by atoms with Gasteiger partial charge < -0.3 is 10.2 Å². The summed E-state index contributed by atoms with van der Waals surface area (Å²) in [7, 11) is 0. The van der Waals surface area contributed by atoms with E-state index in [2.05, 4.69) is 46.0 Å². The van der Waals surface area contributed by atoms with Gasteiger partial charge in [-0.3, -0.25) is 9.78 Å². The zero-order chi connectivity index (χ0) is 21.6. The largest absolute Gasteiger partial charge is 0.349 e. The molecule has 1 N–H and O–H groups in total. The summed E-state index contributed by atoms with van der Waals surface area (Å²) in [5.41, 5.74) is 3.01. The second-order valence-corrected chi connectivity index (χ2v) is 8.05. The lowest BCUT2D eigenvalue weighted by Crippen LogP contribution is -2.46. The lowest BCUT2D eigenvalue weighted by molar-refractivity contribution is 0.0900. The molecule has 0 saturated carbocycles. The van der Waals surface area contributed by atoms with E-state index in [1.165, 1.54) is 0 Å². The van der Waals surface area contributed by atoms with Crippen molar-refractivity contribution in [2.75, 3.05) is 13.1 Å². The zero-order valence-corrected chi connectivity index (χ0v) is 18.0. The fraction of sp³-hybridized carbons (Fsp3) is 0.320. The minimum absolute atomic E-state index is 0.0561. The molecule has 4 rings (SSSR count). The molecule has 31 heavy (non-hydrogen) atoms. The summed E-state index contributed by atoms with van der Waals surface area (Å²) in [4.78, 5) is 19.5. The lowest BCUT2D eigenvalue weighted by Gasteiger charge is -2.34. The number of rotatable bonds is 4. The van der Waals surface area contributed by atoms with Crippen LogP contribution >= 0.6 is 0 Å². The molecule has 1 aromatic carbocycles. The number of benzene rings is 1. The molecule has 0 unspecified atom stereocenters. The molecular formula is C25H27N5O. The van der Waals surface area contributed by atoms with E-state index in [0.717, 1.165) is 42.7 Å². The van der Waals surface area contributed by atoms with Crippen molar-refractivity contribution >= 4 is 5.91 Å². The van der Waals surface area contributed by atoms with E-state index in [9.17, 15) is 4.79 Å². The minimum atomic E-state index is -0.0561. The number of hydrogen-bond acceptors (Lipinski definition) is 4. The van der Waals surface area contributed by atoms with E-state index in [1.54, 1.807) is 23.3 Å². The molecule has 0 aliphatic carbocycles. The zero-order valence-electron chi connectivity index (χ0n) is 18.0. The molecule has 3 aromatic rings. The third-order valence-corrected chi connectivity index (χ3v) is 5.61. The Morgan fingerprint density at radius 3 is 2.65 bits per heavy atom. The van der Waals surface area contributed by atoms with E-state index >= 15 is 0 Å². The third-order valence-electron chi connectivity index (χ3n) is 5.61. The Labute approximate surface area is 183 Å². The first kappa shape index (κ1) is 20.8. The number of hydrogen-bond donors (Lipinski definition) is 1. The van der Waals surface area contributed by atoms with Crippen molar-refractivity contribution in [3.8, 4) is 17.5 Å². The highest BCUT2D eigenvalue weighted by Crippen LogP contribution is 2.18. The van der Waals surface area contributed by atoms with Gasteiger partial charge in [0.1, 0.15) is 0 Å². The Morgan fingerprint density at radius 1 is 1.13 bits per heavy atom. The molecule has 1 aliphatic heterocycles. The van der Waals surface area contributed by atoms with Crippen LogP contribution in [0.3, 0.4) is 0 Å². The Morgan fingerprint density at radius 2 is 1.97 bits per heavy atom. The van der Waals surface area contributed by atoms with E-state index in [-0.39, 0.29) is 11.9 Å². The van der Waals surface area contributed by atoms with Crippen molar-refractivity contribution in [1.82, 2.24) is 25.0 Å². The van der Waals surface area contributed by atoms with Gasteiger partial charge in [-0.05, 0) is 63.1 Å². The number of pyridine rings is 1. The second kappa shape index (κ2) is 9.59. The molecule has 0 atom stereocenters. The number of nitrogens with zero attached hydrogens (tertiary/aromatic N) is 4. The maximum Gasteiger partial charge on any atom is 0.251 e. The normalized spacial score (nSPS) is 14.8. The van der Waals surface area contributed by atoms with E-state index in [4.69, 9.17) is 0 Å². The number of likely N-dealkylation sites (tertiary alicyclic amines) is 1. The first-order valence-electron chi connectivity index (χ1n) is 10.7. The quantitative estimate of drug-likeness (QED) is 0.667. The van der Waals surface area contributed by atoms with Crippen LogP contribution < -0.4 is 5.32 Å². The van der Waals surface area contributed by atoms with Crippen LogP contribution in [0.15, 0.2) is 61.2 Å². The first-order valence-corrected chi connectivity index (χ1v) is 10.7. The maximum absolute atomic E-state index is 12.9. The monoisotopic (exact) mass is 413 g/mol. The van der Waals surface area contributed by atoms with Crippen molar-refractivity contribution in [1.29, 1.82) is 0 Å². The van der Waals surface area contributed by atoms with E-state index < -0.39 is 0 Å². The molecule has 2 aromatic heterocycles. The Hall–Kier alpha value is -3.43. The summed E-state index contributed by atoms with van der Waals surface area (Å²) < 4.78 is 1.76. The molecule has 0 bridgehead atoms. The molecule has 1 amide bonds. The molecule has 1 aliphatic rings. The molecule has 6 heteroatoms. The smallest absolute Gasteiger partial charge is 0.251 e. The number of amides is 1. The molecule has 1 fully saturated rings. The summed E-state index contributed by atoms with van der Waals surface area (Å²) in [5.74, 6) is 6.28. The third kappa shape index (κ3) is 5.19. The molecule has 3 heterocycles. The van der Waals surface area contributed by atoms with Gasteiger partial charge in [0.05, 0.1) is 11.3 Å². The summed E-state index contributed by atoms with van der Waals surface area (Å²) >= 11 is 0. The highest BCUT2D eigenvalue weighted by Gasteiger charge is 2.22. The van der Waals surface area contributed by atoms with Crippen molar-refractivity contribution in [2.45, 2.75) is 38.8 Å². The number of piperidine rings is 1. The van der Waals surface area contributed by atoms with Crippen LogP contribution in [0.2, 0.25) is 0 Å². The maximum atomic E-state index is 12.9. The number of nitrogens with one attached hydrogen (secondary N) is 1. The van der Waals surface area contributed by atoms with Crippen LogP contribution in [-0.4, -0.2) is 50.7 Å². The van der Waals surface area contributed by atoms with Crippen LogP contribution in [0.4, 0.5) is 0 Å². The molecule has 1 saturated heterocycles. The van der Waals surface area contributed by atoms with Crippen LogP contribution in [0.1, 0.15) is 48.2 Å². The van der Waals surface area contributed by atoms with Gasteiger partial charge in [0.25, 0.3) is 5.91 Å². The summed E-state index contributed by atoms with van der Waals surface area (Å²) in [6.07, 6.45) is 8.98. The highest BCUT2D eigenvalue weighted by atomic mass is 16.1. The first-order chi connectivity index (χ1) is 15.1. The van der Waals surface area contributed by atoms with Gasteiger partial charge in [0.15, 0.2) is 0 Å². The average Bonchev–Trinajstić information content (AvgIpc) is 3.33. The Balaban J connectivity index is 1.55. The van der Waals surface area contributed by atoms with Gasteiger partial charge in [-0.2, -0.15) is 5.10 Å². The SMILES string of the molecule is CC(C)N1CCC(NC(=O)c2ccc(-n3cccn3)c(C#Cc3cccnc3)c2)CC1. The molecule has 0 spiro atoms. The van der Waals surface area contributed by atoms with Gasteiger partial charge in [0, 0.05) is 61.1 Å². The summed E-state index contributed by atoms with van der Waals surface area (Å²) in [6, 6.07) is 12.0. The molecule has 6 nitrogen and oxygen atoms in total. The van der Waals surface area contributed by atoms with Crippen LogP contribution in [0.25, 0.3) is 5.69 Å². The lowest BCUT2D eigenvalue weighted by atomic mass is 10.0. The average molecular weight is 414 g/mol. The van der Waals surface area contributed by atoms with Crippen LogP contribution in [-0.2, 0) is 0 Å². The topological polar surface area (TPSA) is 63.1 Å². The van der Waals surface area contributed by atoms with Crippen LogP contribution in [0.5, 0.6) is 0 Å². The molecule has 0 radical (unpaired) electrons. The predicted octanol–water partition coefficient (Wildman–Crippen LogP) is 3.27. The fourth-order valence-electron chi connectivity index (χ4n) is 3.79. The van der Waals surface area contributed by atoms with Crippen molar-refractivity contribution in [3.63, 3.8) is 0 Å². The predicted molar refractivity (Wildman–Crippen MR) is 121 cm³/mol. The Kier molecular flexibility index (Phi) is 6.44. The molecular weight excluding hydrogens is 386 g/mol. The fourth-order valence-corrected chi connectivity index (χ4v) is 3.79. The number of aromatic nitrogens is 3. The van der Waals surface area contributed by atoms with E-state index in [0.29, 0.717) is 11.6 Å². The van der Waals surface area contributed by atoms with Gasteiger partial charge in [-0.15, -0.1) is 0 Å². The highest BCUT2D eigenvalue weighted by molar-refractivity contribution is 5.95. The van der Waals surface area contributed by atoms with Gasteiger partial charge >= 0.3 is 0 Å². The molecule has 158 valence electrons. The van der Waals surface area contributed by atoms with E-state index in [1.807, 2.05) is 42.6 Å². The van der Waals surface area contributed by atoms with Crippen molar-refractivity contribution in [2.24, 2.45) is 0 Å². The standard InChI is InChI=1S/C25H27N5O/c1-19(2)29-15-10-23(11-16-29)28-25(31)22-8-9-24(30-14-4-13-27-30)21(17-22)7-6-20-5-3-12-26-18-20/h3-5,8-9,12-14,17-19,23H,10-11,15-16H2,1-2H3,(H,28,31). The number of carbonyl (C=O) groups excluding carboxylic acids is 1. The van der Waals surface area contributed by atoms with Crippen molar-refractivity contribution < 1.29 is 4.79 Å². The summed E-state index contributed by atoms with van der Waals surface area (Å²) in [6.45, 7) is 6.47. The van der Waals surface area contributed by atoms with Gasteiger partial charge in [0.2, 0.25) is 0 Å². The van der Waals surface area contributed by atoms with Gasteiger partial charge in [-0.25, -0.2) is 4.68 Å². The second-order valence-electron chi connectivity index (χ2n) is 8.05. The number of carbonyl (C=O) groups is 1. The summed E-state index contributed by atoms with van der Waals surface area (Å²) in [5, 5.41) is 7.53. The Bertz CT molecular complexity index is 1070. The minimum Gasteiger partial charge on any atom is -0.349 e. The van der Waals surface area contributed by atoms with Gasteiger partial charge in [-0.1, -0.05) is 11.8 Å². The van der Waals surface area contributed by atoms with Crippen molar-refractivity contribution in [3.05, 3.63) is 77.9 Å².